The van der Waals surface area contributed by atoms with Crippen LogP contribution in [0.1, 0.15) is 32.9 Å². The highest BCUT2D eigenvalue weighted by Gasteiger charge is 2.24. The smallest absolute Gasteiger partial charge is 0.253 e. The Balaban J connectivity index is 2.55. The van der Waals surface area contributed by atoms with E-state index in [-0.39, 0.29) is 17.1 Å². The Bertz CT molecular complexity index is 1000. The first kappa shape index (κ1) is 15.8. The van der Waals surface area contributed by atoms with Gasteiger partial charge in [0.2, 0.25) is 0 Å². The van der Waals surface area contributed by atoms with Gasteiger partial charge in [-0.15, -0.1) is 0 Å². The van der Waals surface area contributed by atoms with E-state index < -0.39 is 5.91 Å². The lowest BCUT2D eigenvalue weighted by molar-refractivity contribution is 0.100. The summed E-state index contributed by atoms with van der Waals surface area (Å²) >= 11 is 0. The summed E-state index contributed by atoms with van der Waals surface area (Å²) in [6.45, 7) is 7.35. The number of anilines is 1. The van der Waals surface area contributed by atoms with Crippen molar-refractivity contribution in [1.29, 1.82) is 0 Å². The topological polar surface area (TPSA) is 120 Å². The van der Waals surface area contributed by atoms with Crippen LogP contribution >= 0.6 is 0 Å². The van der Waals surface area contributed by atoms with Crippen molar-refractivity contribution in [2.24, 2.45) is 5.73 Å². The van der Waals surface area contributed by atoms with Crippen molar-refractivity contribution in [3.8, 4) is 11.4 Å². The lowest BCUT2D eigenvalue weighted by Gasteiger charge is -2.14. The Morgan fingerprint density at radius 2 is 1.88 bits per heavy atom. The number of nitrogens with zero attached hydrogens (tertiary/aromatic N) is 3. The normalized spacial score (nSPS) is 11.2. The average Bonchev–Trinajstić information content (AvgIpc) is 2.77. The van der Waals surface area contributed by atoms with Crippen LogP contribution in [0.2, 0.25) is 0 Å². The Morgan fingerprint density at radius 1 is 1.21 bits per heavy atom. The van der Waals surface area contributed by atoms with E-state index in [4.69, 9.17) is 11.5 Å². The zero-order valence-electron chi connectivity index (χ0n) is 14.0. The standard InChI is InChI=1S/C17H19N5O2/c1-7-5-11-13(16(19)24)15(18)22(17(11)21-9(7)3)14-8(2)12(23)6-20-10(14)4/h5-6,23H,18H2,1-4H3,(H2,19,24). The van der Waals surface area contributed by atoms with E-state index >= 15 is 0 Å². The maximum absolute atomic E-state index is 11.9. The molecular formula is C17H19N5O2. The molecule has 5 N–H and O–H groups in total. The van der Waals surface area contributed by atoms with Gasteiger partial charge in [-0.2, -0.15) is 0 Å². The molecule has 1 amide bonds. The lowest BCUT2D eigenvalue weighted by atomic mass is 10.1. The molecule has 0 aliphatic heterocycles. The molecule has 0 aromatic carbocycles. The van der Waals surface area contributed by atoms with Gasteiger partial charge < -0.3 is 16.6 Å². The minimum Gasteiger partial charge on any atom is -0.506 e. The third kappa shape index (κ3) is 2.09. The van der Waals surface area contributed by atoms with E-state index in [1.807, 2.05) is 19.9 Å². The van der Waals surface area contributed by atoms with Gasteiger partial charge >= 0.3 is 0 Å². The van der Waals surface area contributed by atoms with Crippen LogP contribution in [0.3, 0.4) is 0 Å². The first-order chi connectivity index (χ1) is 11.2. The number of aryl methyl sites for hydroxylation is 3. The molecule has 0 atom stereocenters. The van der Waals surface area contributed by atoms with Gasteiger partial charge in [0.05, 0.1) is 23.1 Å². The summed E-state index contributed by atoms with van der Waals surface area (Å²) < 4.78 is 1.64. The molecule has 3 aromatic heterocycles. The minimum absolute atomic E-state index is 0.0429. The summed E-state index contributed by atoms with van der Waals surface area (Å²) in [6.07, 6.45) is 1.38. The van der Waals surface area contributed by atoms with Gasteiger partial charge in [-0.25, -0.2) is 4.98 Å². The van der Waals surface area contributed by atoms with E-state index in [1.165, 1.54) is 6.20 Å². The van der Waals surface area contributed by atoms with Crippen molar-refractivity contribution in [2.45, 2.75) is 27.7 Å². The summed E-state index contributed by atoms with van der Waals surface area (Å²) in [4.78, 5) is 20.7. The molecule has 0 spiro atoms. The Hall–Kier alpha value is -3.09. The number of fused-ring (bicyclic) bond motifs is 1. The van der Waals surface area contributed by atoms with Crippen LogP contribution in [0.4, 0.5) is 5.82 Å². The molecule has 0 radical (unpaired) electrons. The quantitative estimate of drug-likeness (QED) is 0.666. The molecule has 3 rings (SSSR count). The highest BCUT2D eigenvalue weighted by molar-refractivity contribution is 6.11. The first-order valence-corrected chi connectivity index (χ1v) is 7.47. The summed E-state index contributed by atoms with van der Waals surface area (Å²) in [6, 6.07) is 1.85. The average molecular weight is 325 g/mol. The number of carbonyl (C=O) groups is 1. The molecule has 7 heteroatoms. The minimum atomic E-state index is -0.621. The third-order valence-electron chi connectivity index (χ3n) is 4.36. The SMILES string of the molecule is Cc1cc2c(C(N)=O)c(N)n(-c3c(C)ncc(O)c3C)c2nc1C. The zero-order chi connectivity index (χ0) is 17.8. The fourth-order valence-corrected chi connectivity index (χ4v) is 2.93. The predicted octanol–water partition coefficient (Wildman–Crippen LogP) is 2.04. The Labute approximate surface area is 138 Å². The Morgan fingerprint density at radius 3 is 2.50 bits per heavy atom. The molecule has 0 aliphatic rings. The van der Waals surface area contributed by atoms with Crippen LogP contribution in [0.5, 0.6) is 5.75 Å². The summed E-state index contributed by atoms with van der Waals surface area (Å²) in [5.74, 6) is -0.389. The number of aromatic hydroxyl groups is 1. The van der Waals surface area contributed by atoms with Crippen LogP contribution in [0, 0.1) is 27.7 Å². The summed E-state index contributed by atoms with van der Waals surface area (Å²) in [5, 5.41) is 10.6. The van der Waals surface area contributed by atoms with Gasteiger partial charge in [-0.3, -0.25) is 14.3 Å². The van der Waals surface area contributed by atoms with Gasteiger partial charge in [0, 0.05) is 16.6 Å². The number of pyridine rings is 2. The van der Waals surface area contributed by atoms with Crippen molar-refractivity contribution >= 4 is 22.8 Å². The molecule has 0 saturated carbocycles. The highest BCUT2D eigenvalue weighted by atomic mass is 16.3. The lowest BCUT2D eigenvalue weighted by Crippen LogP contribution is -2.14. The molecule has 0 fully saturated rings. The van der Waals surface area contributed by atoms with E-state index in [0.29, 0.717) is 28.0 Å². The van der Waals surface area contributed by atoms with Gasteiger partial charge in [0.1, 0.15) is 17.2 Å². The maximum atomic E-state index is 11.9. The van der Waals surface area contributed by atoms with Crippen LogP contribution in [-0.2, 0) is 0 Å². The monoisotopic (exact) mass is 325 g/mol. The molecule has 24 heavy (non-hydrogen) atoms. The van der Waals surface area contributed by atoms with Crippen LogP contribution < -0.4 is 11.5 Å². The highest BCUT2D eigenvalue weighted by Crippen LogP contribution is 2.35. The van der Waals surface area contributed by atoms with Crippen LogP contribution in [-0.4, -0.2) is 25.5 Å². The van der Waals surface area contributed by atoms with Crippen molar-refractivity contribution in [3.05, 3.63) is 40.3 Å². The number of carbonyl (C=O) groups excluding carboxylic acids is 1. The zero-order valence-corrected chi connectivity index (χ0v) is 14.0. The second kappa shape index (κ2) is 5.23. The Kier molecular flexibility index (Phi) is 3.44. The number of rotatable bonds is 2. The number of nitrogen functional groups attached to an aromatic ring is 1. The summed E-state index contributed by atoms with van der Waals surface area (Å²) in [5.41, 5.74) is 16.1. The maximum Gasteiger partial charge on any atom is 0.253 e. The number of amides is 1. The van der Waals surface area contributed by atoms with Gasteiger partial charge in [-0.1, -0.05) is 0 Å². The number of primary amides is 1. The predicted molar refractivity (Wildman–Crippen MR) is 92.4 cm³/mol. The number of hydrogen-bond donors (Lipinski definition) is 3. The molecule has 0 unspecified atom stereocenters. The largest absolute Gasteiger partial charge is 0.506 e. The molecule has 3 heterocycles. The van der Waals surface area contributed by atoms with Crippen molar-refractivity contribution in [1.82, 2.24) is 14.5 Å². The summed E-state index contributed by atoms with van der Waals surface area (Å²) in [7, 11) is 0. The molecule has 0 bridgehead atoms. The van der Waals surface area contributed by atoms with Crippen LogP contribution in [0.15, 0.2) is 12.3 Å². The fourth-order valence-electron chi connectivity index (χ4n) is 2.93. The second-order valence-corrected chi connectivity index (χ2v) is 5.92. The van der Waals surface area contributed by atoms with E-state index in [0.717, 1.165) is 11.3 Å². The molecule has 0 saturated heterocycles. The van der Waals surface area contributed by atoms with Crippen molar-refractivity contribution in [2.75, 3.05) is 5.73 Å². The molecule has 0 aliphatic carbocycles. The first-order valence-electron chi connectivity index (χ1n) is 7.47. The van der Waals surface area contributed by atoms with Crippen LogP contribution in [0.25, 0.3) is 16.7 Å². The van der Waals surface area contributed by atoms with E-state index in [9.17, 15) is 9.90 Å². The number of aromatic nitrogens is 3. The molecular weight excluding hydrogens is 306 g/mol. The molecule has 3 aromatic rings. The van der Waals surface area contributed by atoms with Crippen molar-refractivity contribution < 1.29 is 9.90 Å². The van der Waals surface area contributed by atoms with Gasteiger partial charge in [0.25, 0.3) is 5.91 Å². The molecule has 7 nitrogen and oxygen atoms in total. The van der Waals surface area contributed by atoms with Gasteiger partial charge in [-0.05, 0) is 39.3 Å². The second-order valence-electron chi connectivity index (χ2n) is 5.92. The van der Waals surface area contributed by atoms with Gasteiger partial charge in [0.15, 0.2) is 0 Å². The third-order valence-corrected chi connectivity index (χ3v) is 4.36. The van der Waals surface area contributed by atoms with Crippen molar-refractivity contribution in [3.63, 3.8) is 0 Å². The number of hydrogen-bond acceptors (Lipinski definition) is 5. The number of nitrogens with two attached hydrogens (primary N) is 2. The van der Waals surface area contributed by atoms with E-state index in [1.54, 1.807) is 18.4 Å². The van der Waals surface area contributed by atoms with E-state index in [2.05, 4.69) is 9.97 Å². The molecule has 124 valence electrons. The fraction of sp³-hybridized carbons (Fsp3) is 0.235.